The largest absolute Gasteiger partial charge is 0.348 e. The molecule has 1 fully saturated rings. The van der Waals surface area contributed by atoms with Crippen LogP contribution in [0.3, 0.4) is 0 Å². The van der Waals surface area contributed by atoms with Crippen molar-refractivity contribution < 1.29 is 23.6 Å². The van der Waals surface area contributed by atoms with Crippen molar-refractivity contribution in [1.82, 2.24) is 14.7 Å². The predicted octanol–water partition coefficient (Wildman–Crippen LogP) is 4.44. The van der Waals surface area contributed by atoms with Gasteiger partial charge in [-0.05, 0) is 62.4 Å². The average molecular weight is 508 g/mol. The van der Waals surface area contributed by atoms with Crippen LogP contribution in [-0.2, 0) is 9.59 Å². The number of carbonyl (C=O) groups excluding carboxylic acids is 4. The van der Waals surface area contributed by atoms with Crippen molar-refractivity contribution in [2.45, 2.75) is 64.6 Å². The highest BCUT2D eigenvalue weighted by atomic mass is 19.1. The van der Waals surface area contributed by atoms with E-state index < -0.39 is 47.1 Å². The Hall–Kier alpha value is -3.55. The number of imide groups is 1. The fourth-order valence-corrected chi connectivity index (χ4v) is 6.20. The van der Waals surface area contributed by atoms with Crippen molar-refractivity contribution in [3.63, 3.8) is 0 Å². The molecule has 2 aliphatic rings. The number of nitrogens with zero attached hydrogens (tertiary/aromatic N) is 3. The van der Waals surface area contributed by atoms with E-state index in [0.29, 0.717) is 31.2 Å². The van der Waals surface area contributed by atoms with Gasteiger partial charge in [-0.3, -0.25) is 24.1 Å². The first-order valence-corrected chi connectivity index (χ1v) is 12.8. The lowest BCUT2D eigenvalue weighted by atomic mass is 9.73. The highest BCUT2D eigenvalue weighted by Crippen LogP contribution is 2.48. The number of rotatable bonds is 7. The van der Waals surface area contributed by atoms with Crippen LogP contribution in [0.1, 0.15) is 78.8 Å². The molecule has 2 heterocycles. The number of hydrogen-bond donors (Lipinski definition) is 0. The van der Waals surface area contributed by atoms with E-state index in [-0.39, 0.29) is 17.0 Å². The predicted molar refractivity (Wildman–Crippen MR) is 137 cm³/mol. The van der Waals surface area contributed by atoms with E-state index in [0.717, 1.165) is 4.90 Å². The molecule has 0 aromatic heterocycles. The molecule has 4 amide bonds. The van der Waals surface area contributed by atoms with Crippen molar-refractivity contribution in [1.29, 1.82) is 0 Å². The summed E-state index contributed by atoms with van der Waals surface area (Å²) in [6.45, 7) is 5.43. The van der Waals surface area contributed by atoms with Crippen LogP contribution in [0.25, 0.3) is 0 Å². The van der Waals surface area contributed by atoms with E-state index in [9.17, 15) is 23.6 Å². The summed E-state index contributed by atoms with van der Waals surface area (Å²) >= 11 is 0. The second-order valence-electron chi connectivity index (χ2n) is 10.2. The van der Waals surface area contributed by atoms with Gasteiger partial charge in [-0.15, -0.1) is 0 Å². The van der Waals surface area contributed by atoms with Gasteiger partial charge in [-0.25, -0.2) is 4.39 Å². The molecule has 4 rings (SSSR count). The minimum absolute atomic E-state index is 0.0754. The third-order valence-corrected chi connectivity index (χ3v) is 8.17. The van der Waals surface area contributed by atoms with Gasteiger partial charge in [0.05, 0.1) is 22.6 Å². The number of halogens is 1. The molecule has 0 saturated carbocycles. The van der Waals surface area contributed by atoms with E-state index in [1.807, 2.05) is 13.8 Å². The number of benzene rings is 2. The zero-order valence-electron chi connectivity index (χ0n) is 22.0. The number of hydrogen-bond acceptors (Lipinski definition) is 4. The smallest absolute Gasteiger partial charge is 0.262 e. The molecule has 3 atom stereocenters. The molecular formula is C29H34FN3O4. The van der Waals surface area contributed by atoms with Crippen LogP contribution in [0.2, 0.25) is 0 Å². The van der Waals surface area contributed by atoms with Gasteiger partial charge in [0.2, 0.25) is 11.8 Å². The standard InChI is InChI=1S/C29H34FN3O4/c1-6-29(7-2,28(37)31(4)5)24-16-15-23(19-11-10-12-20(30)17-19)33(24)25(34)18(3)32-26(35)21-13-8-9-14-22(21)27(32)36/h8-14,17-18,23-24H,6-7,15-16H2,1-5H3/t18-,23+,24-/m1/s1. The quantitative estimate of drug-likeness (QED) is 0.520. The summed E-state index contributed by atoms with van der Waals surface area (Å²) < 4.78 is 14.2. The Morgan fingerprint density at radius 1 is 1.00 bits per heavy atom. The molecule has 0 N–H and O–H groups in total. The summed E-state index contributed by atoms with van der Waals surface area (Å²) in [4.78, 5) is 58.4. The lowest BCUT2D eigenvalue weighted by molar-refractivity contribution is -0.151. The van der Waals surface area contributed by atoms with Crippen LogP contribution in [0.15, 0.2) is 48.5 Å². The third-order valence-electron chi connectivity index (χ3n) is 8.17. The molecule has 0 spiro atoms. The number of carbonyl (C=O) groups is 4. The second kappa shape index (κ2) is 10.1. The SMILES string of the molecule is CCC(CC)(C(=O)N(C)C)[C@H]1CC[C@@H](c2cccc(F)c2)N1C(=O)[C@@H](C)N1C(=O)c2ccccc2C1=O. The Balaban J connectivity index is 1.78. The summed E-state index contributed by atoms with van der Waals surface area (Å²) in [5.41, 5.74) is 0.309. The Bertz CT molecular complexity index is 1200. The minimum Gasteiger partial charge on any atom is -0.348 e. The maximum Gasteiger partial charge on any atom is 0.262 e. The second-order valence-corrected chi connectivity index (χ2v) is 10.2. The van der Waals surface area contributed by atoms with Crippen LogP contribution in [0.5, 0.6) is 0 Å². The highest BCUT2D eigenvalue weighted by molar-refractivity contribution is 6.22. The Morgan fingerprint density at radius 2 is 1.59 bits per heavy atom. The van der Waals surface area contributed by atoms with Gasteiger partial charge in [0.25, 0.3) is 11.8 Å². The van der Waals surface area contributed by atoms with Gasteiger partial charge in [-0.2, -0.15) is 0 Å². The normalized spacial score (nSPS) is 20.3. The fourth-order valence-electron chi connectivity index (χ4n) is 6.20. The van der Waals surface area contributed by atoms with Crippen molar-refractivity contribution in [3.8, 4) is 0 Å². The van der Waals surface area contributed by atoms with Crippen molar-refractivity contribution in [2.24, 2.45) is 5.41 Å². The van der Waals surface area contributed by atoms with Gasteiger partial charge < -0.3 is 9.80 Å². The molecule has 37 heavy (non-hydrogen) atoms. The maximum atomic E-state index is 14.3. The number of amides is 4. The van der Waals surface area contributed by atoms with Gasteiger partial charge in [0, 0.05) is 20.1 Å². The monoisotopic (exact) mass is 507 g/mol. The van der Waals surface area contributed by atoms with Crippen molar-refractivity contribution in [2.75, 3.05) is 14.1 Å². The van der Waals surface area contributed by atoms with Crippen LogP contribution < -0.4 is 0 Å². The summed E-state index contributed by atoms with van der Waals surface area (Å²) in [6.07, 6.45) is 2.10. The summed E-state index contributed by atoms with van der Waals surface area (Å²) in [5, 5.41) is 0. The summed E-state index contributed by atoms with van der Waals surface area (Å²) in [6, 6.07) is 10.6. The molecule has 2 aromatic rings. The first-order valence-electron chi connectivity index (χ1n) is 12.8. The zero-order valence-corrected chi connectivity index (χ0v) is 22.0. The molecule has 7 nitrogen and oxygen atoms in total. The van der Waals surface area contributed by atoms with Crippen LogP contribution in [-0.4, -0.2) is 64.5 Å². The van der Waals surface area contributed by atoms with Crippen molar-refractivity contribution >= 4 is 23.6 Å². The topological polar surface area (TPSA) is 78.0 Å². The molecule has 2 aromatic carbocycles. The van der Waals surface area contributed by atoms with Crippen LogP contribution in [0.4, 0.5) is 4.39 Å². The molecule has 0 bridgehead atoms. The minimum atomic E-state index is -1.09. The van der Waals surface area contributed by atoms with E-state index in [2.05, 4.69) is 0 Å². The fraction of sp³-hybridized carbons (Fsp3) is 0.448. The van der Waals surface area contributed by atoms with E-state index >= 15 is 0 Å². The van der Waals surface area contributed by atoms with Gasteiger partial charge in [0.1, 0.15) is 11.9 Å². The zero-order chi connectivity index (χ0) is 27.1. The van der Waals surface area contributed by atoms with Crippen LogP contribution in [0, 0.1) is 11.2 Å². The molecule has 196 valence electrons. The molecule has 0 unspecified atom stereocenters. The first kappa shape index (κ1) is 26.5. The van der Waals surface area contributed by atoms with E-state index in [4.69, 9.17) is 0 Å². The van der Waals surface area contributed by atoms with E-state index in [1.165, 1.54) is 12.1 Å². The Labute approximate surface area is 217 Å². The molecular weight excluding hydrogens is 473 g/mol. The molecule has 1 saturated heterocycles. The lowest BCUT2D eigenvalue weighted by Gasteiger charge is -2.45. The Kier molecular flexibility index (Phi) is 7.22. The van der Waals surface area contributed by atoms with Crippen LogP contribution >= 0.6 is 0 Å². The highest BCUT2D eigenvalue weighted by Gasteiger charge is 2.54. The van der Waals surface area contributed by atoms with E-state index in [1.54, 1.807) is 67.2 Å². The summed E-state index contributed by atoms with van der Waals surface area (Å²) in [7, 11) is 3.41. The molecule has 0 radical (unpaired) electrons. The average Bonchev–Trinajstić information content (AvgIpc) is 3.44. The summed E-state index contributed by atoms with van der Waals surface area (Å²) in [5.74, 6) is -1.94. The van der Waals surface area contributed by atoms with Gasteiger partial charge in [-0.1, -0.05) is 38.1 Å². The van der Waals surface area contributed by atoms with Gasteiger partial charge in [0.15, 0.2) is 0 Å². The first-order chi connectivity index (χ1) is 17.6. The maximum absolute atomic E-state index is 14.3. The third kappa shape index (κ3) is 4.22. The molecule has 2 aliphatic heterocycles. The van der Waals surface area contributed by atoms with Crippen molar-refractivity contribution in [3.05, 3.63) is 71.0 Å². The lowest BCUT2D eigenvalue weighted by Crippen LogP contribution is -2.58. The Morgan fingerprint density at radius 3 is 2.11 bits per heavy atom. The molecule has 8 heteroatoms. The number of likely N-dealkylation sites (tertiary alicyclic amines) is 1. The molecule has 0 aliphatic carbocycles. The van der Waals surface area contributed by atoms with Gasteiger partial charge >= 0.3 is 0 Å². The number of fused-ring (bicyclic) bond motifs is 1.